The summed E-state index contributed by atoms with van der Waals surface area (Å²) in [5.74, 6) is -2.22. The first kappa shape index (κ1) is 25.5. The van der Waals surface area contributed by atoms with E-state index in [0.29, 0.717) is 13.2 Å². The van der Waals surface area contributed by atoms with Crippen LogP contribution in [0.3, 0.4) is 0 Å². The summed E-state index contributed by atoms with van der Waals surface area (Å²) in [5, 5.41) is 2.39. The fourth-order valence-corrected chi connectivity index (χ4v) is 3.73. The lowest BCUT2D eigenvalue weighted by atomic mass is 10.2. The van der Waals surface area contributed by atoms with Crippen molar-refractivity contribution in [2.24, 2.45) is 0 Å². The van der Waals surface area contributed by atoms with Crippen molar-refractivity contribution in [2.45, 2.75) is 19.6 Å². The van der Waals surface area contributed by atoms with Crippen molar-refractivity contribution >= 4 is 28.7 Å². The van der Waals surface area contributed by atoms with Gasteiger partial charge in [-0.05, 0) is 23.8 Å². The molecular formula is C25H24FN5O6. The van der Waals surface area contributed by atoms with E-state index in [1.54, 1.807) is 4.57 Å². The first-order chi connectivity index (χ1) is 17.9. The highest BCUT2D eigenvalue weighted by atomic mass is 19.1. The van der Waals surface area contributed by atoms with Crippen LogP contribution in [0.5, 0.6) is 0 Å². The fourth-order valence-electron chi connectivity index (χ4n) is 3.73. The Morgan fingerprint density at radius 3 is 2.57 bits per heavy atom. The summed E-state index contributed by atoms with van der Waals surface area (Å²) in [6.07, 6.45) is 1.44. The molecule has 0 fully saturated rings. The van der Waals surface area contributed by atoms with Crippen LogP contribution in [0.15, 0.2) is 70.5 Å². The molecule has 12 heteroatoms. The number of rotatable bonds is 10. The van der Waals surface area contributed by atoms with Crippen molar-refractivity contribution in [2.75, 3.05) is 25.6 Å². The van der Waals surface area contributed by atoms with Crippen molar-refractivity contribution in [1.29, 1.82) is 0 Å². The molecule has 0 atom stereocenters. The van der Waals surface area contributed by atoms with Crippen LogP contribution in [0.2, 0.25) is 0 Å². The molecule has 2 aromatic heterocycles. The zero-order valence-electron chi connectivity index (χ0n) is 19.9. The summed E-state index contributed by atoms with van der Waals surface area (Å²) >= 11 is 0. The second-order valence-corrected chi connectivity index (χ2v) is 8.07. The number of halogens is 1. The summed E-state index contributed by atoms with van der Waals surface area (Å²) in [6.45, 7) is -0.689. The van der Waals surface area contributed by atoms with Crippen LogP contribution in [0.1, 0.15) is 5.56 Å². The highest BCUT2D eigenvalue weighted by molar-refractivity contribution is 5.92. The van der Waals surface area contributed by atoms with E-state index < -0.39 is 42.1 Å². The number of methoxy groups -OCH3 is 1. The molecule has 0 saturated heterocycles. The van der Waals surface area contributed by atoms with Gasteiger partial charge in [0.25, 0.3) is 11.5 Å². The van der Waals surface area contributed by atoms with Crippen LogP contribution >= 0.6 is 0 Å². The Hall–Kier alpha value is -4.58. The predicted octanol–water partition coefficient (Wildman–Crippen LogP) is 1.38. The van der Waals surface area contributed by atoms with Crippen molar-refractivity contribution < 1.29 is 23.5 Å². The summed E-state index contributed by atoms with van der Waals surface area (Å²) < 4.78 is 27.0. The monoisotopic (exact) mass is 509 g/mol. The van der Waals surface area contributed by atoms with Gasteiger partial charge in [-0.15, -0.1) is 0 Å². The van der Waals surface area contributed by atoms with Gasteiger partial charge in [0, 0.05) is 19.3 Å². The van der Waals surface area contributed by atoms with Crippen LogP contribution in [-0.2, 0) is 38.7 Å². The molecule has 1 N–H and O–H groups in total. The zero-order chi connectivity index (χ0) is 26.4. The number of carbonyl (C=O) groups excluding carboxylic acids is 2. The Balaban J connectivity index is 1.59. The third kappa shape index (κ3) is 5.98. The number of nitrogens with one attached hydrogen (secondary N) is 1. The van der Waals surface area contributed by atoms with Crippen LogP contribution in [0.4, 0.5) is 10.1 Å². The molecule has 4 aromatic rings. The summed E-state index contributed by atoms with van der Waals surface area (Å²) in [6, 6.07) is 14.3. The highest BCUT2D eigenvalue weighted by Crippen LogP contribution is 2.11. The van der Waals surface area contributed by atoms with Gasteiger partial charge < -0.3 is 19.4 Å². The van der Waals surface area contributed by atoms with E-state index in [-0.39, 0.29) is 23.4 Å². The lowest BCUT2D eigenvalue weighted by Gasteiger charge is -2.13. The van der Waals surface area contributed by atoms with Gasteiger partial charge in [0.2, 0.25) is 0 Å². The predicted molar refractivity (Wildman–Crippen MR) is 132 cm³/mol. The number of benzene rings is 2. The normalized spacial score (nSPS) is 11.0. The Bertz CT molecular complexity index is 1540. The van der Waals surface area contributed by atoms with E-state index in [1.807, 2.05) is 30.3 Å². The van der Waals surface area contributed by atoms with E-state index in [9.17, 15) is 23.6 Å². The largest absolute Gasteiger partial charge is 0.454 e. The van der Waals surface area contributed by atoms with E-state index in [2.05, 4.69) is 10.3 Å². The van der Waals surface area contributed by atoms with Crippen LogP contribution < -0.4 is 16.6 Å². The molecule has 0 spiro atoms. The molecule has 0 aliphatic heterocycles. The molecule has 37 heavy (non-hydrogen) atoms. The summed E-state index contributed by atoms with van der Waals surface area (Å²) in [5.41, 5.74) is -0.188. The third-order valence-corrected chi connectivity index (χ3v) is 5.46. The second kappa shape index (κ2) is 11.4. The molecule has 0 aliphatic rings. The molecule has 0 bridgehead atoms. The number of fused-ring (bicyclic) bond motifs is 1. The van der Waals surface area contributed by atoms with Gasteiger partial charge in [-0.25, -0.2) is 18.7 Å². The summed E-state index contributed by atoms with van der Waals surface area (Å²) in [4.78, 5) is 55.5. The molecule has 2 heterocycles. The summed E-state index contributed by atoms with van der Waals surface area (Å²) in [7, 11) is 1.52. The SMILES string of the molecule is COCCn1cnc2c1c(=O)n(CC(=O)OCC(=O)Nc1cccc(F)c1)c(=O)n2Cc1ccccc1. The van der Waals surface area contributed by atoms with Crippen molar-refractivity contribution in [3.63, 3.8) is 0 Å². The number of anilines is 1. The van der Waals surface area contributed by atoms with Gasteiger partial charge in [-0.3, -0.25) is 19.0 Å². The average molecular weight is 509 g/mol. The molecule has 2 aromatic carbocycles. The first-order valence-electron chi connectivity index (χ1n) is 11.3. The molecule has 0 aliphatic carbocycles. The number of esters is 1. The fraction of sp³-hybridized carbons (Fsp3) is 0.240. The Morgan fingerprint density at radius 2 is 1.84 bits per heavy atom. The number of amides is 1. The first-order valence-corrected chi connectivity index (χ1v) is 11.3. The molecule has 0 unspecified atom stereocenters. The van der Waals surface area contributed by atoms with Gasteiger partial charge in [0.15, 0.2) is 17.8 Å². The highest BCUT2D eigenvalue weighted by Gasteiger charge is 2.21. The molecule has 0 saturated carbocycles. The molecule has 4 rings (SSSR count). The smallest absolute Gasteiger partial charge is 0.333 e. The minimum atomic E-state index is -0.970. The number of carbonyl (C=O) groups is 2. The lowest BCUT2D eigenvalue weighted by Crippen LogP contribution is -2.43. The standard InChI is InChI=1S/C25H24FN5O6/c1-36-11-10-29-16-27-23-22(29)24(34)31(25(35)30(23)13-17-6-3-2-4-7-17)14-21(33)37-15-20(32)28-19-9-5-8-18(26)12-19/h2-9,12,16H,10-11,13-15H2,1H3,(H,28,32). The van der Waals surface area contributed by atoms with E-state index in [4.69, 9.17) is 9.47 Å². The minimum absolute atomic E-state index is 0.114. The maximum absolute atomic E-state index is 13.3. The molecule has 0 radical (unpaired) electrons. The van der Waals surface area contributed by atoms with Crippen LogP contribution in [0, 0.1) is 5.82 Å². The third-order valence-electron chi connectivity index (χ3n) is 5.46. The maximum atomic E-state index is 13.3. The maximum Gasteiger partial charge on any atom is 0.333 e. The molecule has 1 amide bonds. The van der Waals surface area contributed by atoms with Gasteiger partial charge in [-0.2, -0.15) is 0 Å². The molecule has 192 valence electrons. The number of hydrogen-bond donors (Lipinski definition) is 1. The number of ether oxygens (including phenoxy) is 2. The van der Waals surface area contributed by atoms with E-state index in [0.717, 1.165) is 16.2 Å². The van der Waals surface area contributed by atoms with Gasteiger partial charge >= 0.3 is 11.7 Å². The number of hydrogen-bond acceptors (Lipinski definition) is 7. The number of aromatic nitrogens is 4. The van der Waals surface area contributed by atoms with E-state index in [1.165, 1.54) is 36.2 Å². The van der Waals surface area contributed by atoms with Gasteiger partial charge in [0.1, 0.15) is 12.4 Å². The quantitative estimate of drug-likeness (QED) is 0.320. The Labute approximate surface area is 209 Å². The zero-order valence-corrected chi connectivity index (χ0v) is 19.9. The number of nitrogens with zero attached hydrogens (tertiary/aromatic N) is 4. The average Bonchev–Trinajstić information content (AvgIpc) is 3.31. The minimum Gasteiger partial charge on any atom is -0.454 e. The topological polar surface area (TPSA) is 126 Å². The van der Waals surface area contributed by atoms with Crippen LogP contribution in [-0.4, -0.2) is 50.9 Å². The van der Waals surface area contributed by atoms with Crippen molar-refractivity contribution in [1.82, 2.24) is 18.7 Å². The lowest BCUT2D eigenvalue weighted by molar-refractivity contribution is -0.148. The van der Waals surface area contributed by atoms with Crippen LogP contribution in [0.25, 0.3) is 11.2 Å². The molecule has 11 nitrogen and oxygen atoms in total. The Morgan fingerprint density at radius 1 is 1.05 bits per heavy atom. The van der Waals surface area contributed by atoms with Gasteiger partial charge in [0.05, 0.1) is 19.5 Å². The van der Waals surface area contributed by atoms with Crippen molar-refractivity contribution in [3.8, 4) is 0 Å². The molecular weight excluding hydrogens is 485 g/mol. The van der Waals surface area contributed by atoms with E-state index >= 15 is 0 Å². The second-order valence-electron chi connectivity index (χ2n) is 8.07. The number of imidazole rings is 1. The Kier molecular flexibility index (Phi) is 7.89. The van der Waals surface area contributed by atoms with Crippen molar-refractivity contribution in [3.05, 3.63) is 93.1 Å². The van der Waals surface area contributed by atoms with Gasteiger partial charge in [-0.1, -0.05) is 36.4 Å².